The number of hydrogen-bond donors (Lipinski definition) is 0. The van der Waals surface area contributed by atoms with Crippen LogP contribution in [0.1, 0.15) is 16.5 Å². The molecule has 0 bridgehead atoms. The minimum atomic E-state index is -3.52. The Morgan fingerprint density at radius 1 is 1.25 bits per heavy atom. The van der Waals surface area contributed by atoms with Gasteiger partial charge in [-0.1, -0.05) is 18.2 Å². The van der Waals surface area contributed by atoms with Gasteiger partial charge in [0.15, 0.2) is 0 Å². The lowest BCUT2D eigenvalue weighted by Crippen LogP contribution is -2.30. The van der Waals surface area contributed by atoms with Gasteiger partial charge in [-0.05, 0) is 58.2 Å². The Balaban J connectivity index is 1.97. The fourth-order valence-corrected chi connectivity index (χ4v) is 6.60. The van der Waals surface area contributed by atoms with Crippen LogP contribution in [0.15, 0.2) is 51.8 Å². The summed E-state index contributed by atoms with van der Waals surface area (Å²) in [6.07, 6.45) is 0. The lowest BCUT2D eigenvalue weighted by molar-refractivity contribution is 0.410. The Labute approximate surface area is 155 Å². The first-order valence-electron chi connectivity index (χ1n) is 7.47. The number of nitrogens with zero attached hydrogens (tertiary/aromatic N) is 1. The number of methoxy groups -OCH3 is 1. The van der Waals surface area contributed by atoms with E-state index in [-0.39, 0.29) is 5.37 Å². The van der Waals surface area contributed by atoms with Crippen LogP contribution in [0.3, 0.4) is 0 Å². The molecule has 1 unspecified atom stereocenters. The normalized spacial score (nSPS) is 18.7. The van der Waals surface area contributed by atoms with Gasteiger partial charge in [-0.2, -0.15) is 4.31 Å². The van der Waals surface area contributed by atoms with Crippen molar-refractivity contribution in [3.63, 3.8) is 0 Å². The van der Waals surface area contributed by atoms with Crippen LogP contribution in [-0.4, -0.2) is 32.1 Å². The Bertz CT molecular complexity index is 855. The molecule has 1 aliphatic rings. The quantitative estimate of drug-likeness (QED) is 0.733. The molecule has 0 amide bonds. The maximum atomic E-state index is 13.1. The summed E-state index contributed by atoms with van der Waals surface area (Å²) in [7, 11) is -1.91. The molecule has 2 aromatic rings. The third-order valence-electron chi connectivity index (χ3n) is 3.91. The van der Waals surface area contributed by atoms with Crippen molar-refractivity contribution < 1.29 is 13.2 Å². The van der Waals surface area contributed by atoms with Crippen LogP contribution in [-0.2, 0) is 10.0 Å². The van der Waals surface area contributed by atoms with Gasteiger partial charge in [-0.25, -0.2) is 8.42 Å². The third-order valence-corrected chi connectivity index (χ3v) is 7.78. The van der Waals surface area contributed by atoms with E-state index in [0.717, 1.165) is 27.1 Å². The highest BCUT2D eigenvalue weighted by Crippen LogP contribution is 2.43. The number of aryl methyl sites for hydroxylation is 1. The van der Waals surface area contributed by atoms with Gasteiger partial charge in [0, 0.05) is 12.3 Å². The van der Waals surface area contributed by atoms with Crippen molar-refractivity contribution in [1.29, 1.82) is 0 Å². The van der Waals surface area contributed by atoms with Crippen LogP contribution in [0.2, 0.25) is 0 Å². The molecule has 0 aliphatic carbocycles. The number of halogens is 1. The molecule has 1 heterocycles. The van der Waals surface area contributed by atoms with E-state index in [4.69, 9.17) is 4.74 Å². The average Bonchev–Trinajstić information content (AvgIpc) is 3.05. The number of hydrogen-bond acceptors (Lipinski definition) is 4. The third kappa shape index (κ3) is 3.35. The summed E-state index contributed by atoms with van der Waals surface area (Å²) >= 11 is 5.11. The summed E-state index contributed by atoms with van der Waals surface area (Å²) in [5, 5.41) is -0.224. The maximum absolute atomic E-state index is 13.1. The zero-order valence-electron chi connectivity index (χ0n) is 13.4. The Kier molecular flexibility index (Phi) is 5.24. The van der Waals surface area contributed by atoms with Gasteiger partial charge >= 0.3 is 0 Å². The molecule has 1 aliphatic heterocycles. The number of ether oxygens (including phenoxy) is 1. The second kappa shape index (κ2) is 7.07. The van der Waals surface area contributed by atoms with E-state index < -0.39 is 10.0 Å². The summed E-state index contributed by atoms with van der Waals surface area (Å²) in [6, 6.07) is 12.8. The standard InChI is InChI=1S/C17H18BrNO3S2/c1-12-4-3-5-14(10-12)24(20,21)19-8-9-23-17(19)13-6-7-16(22-2)15(18)11-13/h3-7,10-11,17H,8-9H2,1-2H3. The van der Waals surface area contributed by atoms with E-state index in [0.29, 0.717) is 11.4 Å². The topological polar surface area (TPSA) is 46.6 Å². The predicted octanol–water partition coefficient (Wildman–Crippen LogP) is 4.20. The minimum absolute atomic E-state index is 0.224. The molecule has 0 spiro atoms. The summed E-state index contributed by atoms with van der Waals surface area (Å²) in [6.45, 7) is 2.41. The summed E-state index contributed by atoms with van der Waals surface area (Å²) in [4.78, 5) is 0.350. The number of thioether (sulfide) groups is 1. The summed E-state index contributed by atoms with van der Waals surface area (Å²) < 4.78 is 33.8. The van der Waals surface area contributed by atoms with Gasteiger partial charge in [0.05, 0.1) is 21.9 Å². The van der Waals surface area contributed by atoms with Gasteiger partial charge < -0.3 is 4.74 Å². The average molecular weight is 428 g/mol. The molecule has 4 nitrogen and oxygen atoms in total. The van der Waals surface area contributed by atoms with Crippen LogP contribution in [0.25, 0.3) is 0 Å². The molecular weight excluding hydrogens is 410 g/mol. The first-order chi connectivity index (χ1) is 11.4. The van der Waals surface area contributed by atoms with Gasteiger partial charge in [0.25, 0.3) is 0 Å². The van der Waals surface area contributed by atoms with E-state index in [2.05, 4.69) is 15.9 Å². The SMILES string of the molecule is COc1ccc(C2SCCN2S(=O)(=O)c2cccc(C)c2)cc1Br. The van der Waals surface area contributed by atoms with Crippen LogP contribution < -0.4 is 4.74 Å². The van der Waals surface area contributed by atoms with E-state index in [1.165, 1.54) is 0 Å². The van der Waals surface area contributed by atoms with Gasteiger partial charge in [-0.15, -0.1) is 11.8 Å². The van der Waals surface area contributed by atoms with Crippen LogP contribution in [0, 0.1) is 6.92 Å². The van der Waals surface area contributed by atoms with E-state index >= 15 is 0 Å². The van der Waals surface area contributed by atoms with Crippen LogP contribution in [0.4, 0.5) is 0 Å². The van der Waals surface area contributed by atoms with Crippen molar-refractivity contribution in [2.75, 3.05) is 19.4 Å². The molecule has 0 aromatic heterocycles. The summed E-state index contributed by atoms with van der Waals surface area (Å²) in [5.41, 5.74) is 1.88. The zero-order chi connectivity index (χ0) is 17.3. The van der Waals surface area contributed by atoms with E-state index in [1.54, 1.807) is 41.4 Å². The fraction of sp³-hybridized carbons (Fsp3) is 0.294. The fourth-order valence-electron chi connectivity index (χ4n) is 2.71. The highest BCUT2D eigenvalue weighted by atomic mass is 79.9. The van der Waals surface area contributed by atoms with Crippen molar-refractivity contribution >= 4 is 37.7 Å². The molecule has 0 radical (unpaired) electrons. The Morgan fingerprint density at radius 3 is 2.71 bits per heavy atom. The molecule has 1 saturated heterocycles. The van der Waals surface area contributed by atoms with Gasteiger partial charge in [0.1, 0.15) is 5.75 Å². The second-order valence-electron chi connectivity index (χ2n) is 5.55. The van der Waals surface area contributed by atoms with Crippen LogP contribution in [0.5, 0.6) is 5.75 Å². The lowest BCUT2D eigenvalue weighted by atomic mass is 10.2. The molecule has 128 valence electrons. The number of sulfonamides is 1. The maximum Gasteiger partial charge on any atom is 0.244 e. The largest absolute Gasteiger partial charge is 0.496 e. The molecule has 0 saturated carbocycles. The molecule has 2 aromatic carbocycles. The van der Waals surface area contributed by atoms with E-state index in [1.807, 2.05) is 31.2 Å². The molecule has 0 N–H and O–H groups in total. The monoisotopic (exact) mass is 427 g/mol. The van der Waals surface area contributed by atoms with Crippen molar-refractivity contribution in [2.24, 2.45) is 0 Å². The molecule has 24 heavy (non-hydrogen) atoms. The van der Waals surface area contributed by atoms with Gasteiger partial charge in [-0.3, -0.25) is 0 Å². The molecule has 1 atom stereocenters. The molecule has 7 heteroatoms. The molecule has 3 rings (SSSR count). The number of benzene rings is 2. The zero-order valence-corrected chi connectivity index (χ0v) is 16.6. The smallest absolute Gasteiger partial charge is 0.244 e. The van der Waals surface area contributed by atoms with Gasteiger partial charge in [0.2, 0.25) is 10.0 Å². The first kappa shape index (κ1) is 17.8. The number of rotatable bonds is 4. The van der Waals surface area contributed by atoms with Crippen LogP contribution >= 0.6 is 27.7 Å². The van der Waals surface area contributed by atoms with Crippen molar-refractivity contribution in [3.8, 4) is 5.75 Å². The highest BCUT2D eigenvalue weighted by Gasteiger charge is 2.37. The molecular formula is C17H18BrNO3S2. The molecule has 1 fully saturated rings. The Hall–Kier alpha value is -1.02. The predicted molar refractivity (Wildman–Crippen MR) is 101 cm³/mol. The summed E-state index contributed by atoms with van der Waals surface area (Å²) in [5.74, 6) is 1.51. The van der Waals surface area contributed by atoms with Crippen molar-refractivity contribution in [2.45, 2.75) is 17.2 Å². The highest BCUT2D eigenvalue weighted by molar-refractivity contribution is 9.10. The minimum Gasteiger partial charge on any atom is -0.496 e. The first-order valence-corrected chi connectivity index (χ1v) is 10.8. The van der Waals surface area contributed by atoms with Crippen molar-refractivity contribution in [1.82, 2.24) is 4.31 Å². The Morgan fingerprint density at radius 2 is 2.04 bits per heavy atom. The van der Waals surface area contributed by atoms with E-state index in [9.17, 15) is 8.42 Å². The lowest BCUT2D eigenvalue weighted by Gasteiger charge is -2.24. The van der Waals surface area contributed by atoms with Crippen molar-refractivity contribution in [3.05, 3.63) is 58.1 Å². The second-order valence-corrected chi connectivity index (χ2v) is 9.48.